The zero-order valence-corrected chi connectivity index (χ0v) is 17.2. The zero-order valence-electron chi connectivity index (χ0n) is 17.2. The Hall–Kier alpha value is -1.90. The predicted molar refractivity (Wildman–Crippen MR) is 106 cm³/mol. The second-order valence-corrected chi connectivity index (χ2v) is 7.86. The van der Waals surface area contributed by atoms with E-state index in [0.717, 1.165) is 19.4 Å². The maximum Gasteiger partial charge on any atom is 0.409 e. The molecule has 3 rings (SSSR count). The maximum absolute atomic E-state index is 13.4. The van der Waals surface area contributed by atoms with Gasteiger partial charge in [-0.25, -0.2) is 9.18 Å². The fourth-order valence-corrected chi connectivity index (χ4v) is 3.90. The van der Waals surface area contributed by atoms with Crippen molar-refractivity contribution >= 4 is 6.09 Å². The summed E-state index contributed by atoms with van der Waals surface area (Å²) in [6, 6.07) is 4.81. The van der Waals surface area contributed by atoms with Crippen LogP contribution in [0.25, 0.3) is 0 Å². The van der Waals surface area contributed by atoms with E-state index in [1.807, 2.05) is 0 Å². The zero-order chi connectivity index (χ0) is 20.9. The number of rotatable bonds is 5. The first-order valence-electron chi connectivity index (χ1n) is 10.2. The van der Waals surface area contributed by atoms with E-state index in [9.17, 15) is 14.3 Å². The van der Waals surface area contributed by atoms with Crippen LogP contribution in [0.2, 0.25) is 0 Å². The average molecular weight is 410 g/mol. The molecule has 29 heavy (non-hydrogen) atoms. The number of carbonyl (C=O) groups is 1. The highest BCUT2D eigenvalue weighted by Crippen LogP contribution is 2.23. The van der Waals surface area contributed by atoms with Crippen molar-refractivity contribution in [3.05, 3.63) is 29.6 Å². The number of likely N-dealkylation sites (tertiary alicyclic amines) is 1. The summed E-state index contributed by atoms with van der Waals surface area (Å²) >= 11 is 0. The smallest absolute Gasteiger partial charge is 0.409 e. The second kappa shape index (κ2) is 9.73. The molecule has 7 nitrogen and oxygen atoms in total. The van der Waals surface area contributed by atoms with Gasteiger partial charge >= 0.3 is 6.09 Å². The van der Waals surface area contributed by atoms with Crippen LogP contribution in [0.5, 0.6) is 5.75 Å². The minimum Gasteiger partial charge on any atom is -0.490 e. The minimum absolute atomic E-state index is 0.0657. The summed E-state index contributed by atoms with van der Waals surface area (Å²) in [4.78, 5) is 15.9. The Bertz CT molecular complexity index is 696. The second-order valence-electron chi connectivity index (χ2n) is 7.86. The fourth-order valence-electron chi connectivity index (χ4n) is 3.90. The molecule has 2 fully saturated rings. The molecule has 0 aromatic heterocycles. The van der Waals surface area contributed by atoms with Crippen molar-refractivity contribution in [3.63, 3.8) is 0 Å². The van der Waals surface area contributed by atoms with Gasteiger partial charge in [-0.3, -0.25) is 4.90 Å². The average Bonchev–Trinajstić information content (AvgIpc) is 2.91. The normalized spacial score (nSPS) is 24.2. The SMILES string of the molecule is CCOC(=O)N1CCC(N2CCOCC(O)(COc3ccc(F)c(C)c3)C2)CC1. The molecule has 162 valence electrons. The van der Waals surface area contributed by atoms with Gasteiger partial charge in [0.05, 0.1) is 19.8 Å². The van der Waals surface area contributed by atoms with Crippen LogP contribution in [0.3, 0.4) is 0 Å². The third-order valence-electron chi connectivity index (χ3n) is 5.53. The van der Waals surface area contributed by atoms with Gasteiger partial charge in [0, 0.05) is 32.2 Å². The van der Waals surface area contributed by atoms with Gasteiger partial charge in [-0.2, -0.15) is 0 Å². The highest BCUT2D eigenvalue weighted by molar-refractivity contribution is 5.67. The summed E-state index contributed by atoms with van der Waals surface area (Å²) in [7, 11) is 0. The number of benzene rings is 1. The standard InChI is InChI=1S/C21H31FN2O5/c1-3-28-20(25)23-8-6-17(7-9-23)24-10-11-27-14-21(26,13-24)15-29-18-4-5-19(22)16(2)12-18/h4-5,12,17,26H,3,6-11,13-15H2,1-2H3. The molecule has 0 saturated carbocycles. The quantitative estimate of drug-likeness (QED) is 0.803. The van der Waals surface area contributed by atoms with Crippen molar-refractivity contribution in [3.8, 4) is 5.75 Å². The Kier molecular flexibility index (Phi) is 7.32. The van der Waals surface area contributed by atoms with Gasteiger partial charge in [-0.15, -0.1) is 0 Å². The van der Waals surface area contributed by atoms with Gasteiger partial charge in [0.2, 0.25) is 0 Å². The summed E-state index contributed by atoms with van der Waals surface area (Å²) in [5, 5.41) is 11.1. The number of piperidine rings is 1. The molecule has 2 heterocycles. The Morgan fingerprint density at radius 3 is 2.79 bits per heavy atom. The summed E-state index contributed by atoms with van der Waals surface area (Å²) in [6.45, 7) is 7.09. The van der Waals surface area contributed by atoms with Crippen LogP contribution < -0.4 is 4.74 Å². The number of aliphatic hydroxyl groups is 1. The summed E-state index contributed by atoms with van der Waals surface area (Å²) in [5.74, 6) is 0.241. The molecule has 1 aromatic carbocycles. The lowest BCUT2D eigenvalue weighted by atomic mass is 10.00. The third-order valence-corrected chi connectivity index (χ3v) is 5.53. The highest BCUT2D eigenvalue weighted by Gasteiger charge is 2.37. The molecular formula is C21H31FN2O5. The van der Waals surface area contributed by atoms with Crippen molar-refractivity contribution < 1.29 is 28.5 Å². The molecule has 1 N–H and O–H groups in total. The van der Waals surface area contributed by atoms with Crippen molar-refractivity contribution in [1.29, 1.82) is 0 Å². The lowest BCUT2D eigenvalue weighted by Gasteiger charge is -2.39. The highest BCUT2D eigenvalue weighted by atomic mass is 19.1. The first-order chi connectivity index (χ1) is 13.9. The van der Waals surface area contributed by atoms with Crippen molar-refractivity contribution in [1.82, 2.24) is 9.80 Å². The molecule has 0 radical (unpaired) electrons. The number of halogens is 1. The van der Waals surface area contributed by atoms with Gasteiger partial charge < -0.3 is 24.2 Å². The Morgan fingerprint density at radius 2 is 2.10 bits per heavy atom. The van der Waals surface area contributed by atoms with Crippen molar-refractivity contribution in [2.24, 2.45) is 0 Å². The molecule has 1 amide bonds. The molecule has 1 aromatic rings. The lowest BCUT2D eigenvalue weighted by Crippen LogP contribution is -2.54. The summed E-state index contributed by atoms with van der Waals surface area (Å²) < 4.78 is 29.9. The number of nitrogens with zero attached hydrogens (tertiary/aromatic N) is 2. The van der Waals surface area contributed by atoms with E-state index in [0.29, 0.717) is 44.2 Å². The Morgan fingerprint density at radius 1 is 1.34 bits per heavy atom. The lowest BCUT2D eigenvalue weighted by molar-refractivity contribution is -0.0688. The molecule has 1 atom stereocenters. The summed E-state index contributed by atoms with van der Waals surface area (Å²) in [6.07, 6.45) is 1.39. The van der Waals surface area contributed by atoms with Crippen LogP contribution in [0, 0.1) is 12.7 Å². The van der Waals surface area contributed by atoms with Crippen molar-refractivity contribution in [2.75, 3.05) is 52.6 Å². The van der Waals surface area contributed by atoms with Gasteiger partial charge in [0.1, 0.15) is 23.8 Å². The first kappa shape index (κ1) is 21.8. The predicted octanol–water partition coefficient (Wildman–Crippen LogP) is 2.20. The van der Waals surface area contributed by atoms with E-state index < -0.39 is 5.60 Å². The van der Waals surface area contributed by atoms with E-state index in [1.165, 1.54) is 6.07 Å². The number of β-amino-alcohol motifs (C(OH)–C–C–N with tert-alkyl or cyclic N) is 1. The van der Waals surface area contributed by atoms with Crippen LogP contribution in [-0.2, 0) is 9.47 Å². The van der Waals surface area contributed by atoms with Gasteiger partial charge in [-0.05, 0) is 50.5 Å². The maximum atomic E-state index is 13.4. The van der Waals surface area contributed by atoms with E-state index in [-0.39, 0.29) is 31.2 Å². The molecular weight excluding hydrogens is 379 g/mol. The number of aryl methyl sites for hydroxylation is 1. The van der Waals surface area contributed by atoms with E-state index >= 15 is 0 Å². The largest absolute Gasteiger partial charge is 0.490 e. The van der Waals surface area contributed by atoms with E-state index in [1.54, 1.807) is 30.9 Å². The third kappa shape index (κ3) is 5.81. The van der Waals surface area contributed by atoms with Gasteiger partial charge in [0.15, 0.2) is 0 Å². The molecule has 1 unspecified atom stereocenters. The van der Waals surface area contributed by atoms with E-state index in [4.69, 9.17) is 14.2 Å². The molecule has 2 saturated heterocycles. The van der Waals surface area contributed by atoms with Gasteiger partial charge in [-0.1, -0.05) is 0 Å². The van der Waals surface area contributed by atoms with Gasteiger partial charge in [0.25, 0.3) is 0 Å². The molecule has 2 aliphatic heterocycles. The molecule has 2 aliphatic rings. The number of carbonyl (C=O) groups excluding carboxylic acids is 1. The Labute approximate surface area is 171 Å². The number of amides is 1. The van der Waals surface area contributed by atoms with Crippen LogP contribution in [0.15, 0.2) is 18.2 Å². The molecule has 0 bridgehead atoms. The van der Waals surface area contributed by atoms with E-state index in [2.05, 4.69) is 4.90 Å². The van der Waals surface area contributed by atoms with Crippen LogP contribution in [0.1, 0.15) is 25.3 Å². The minimum atomic E-state index is -1.16. The fraction of sp³-hybridized carbons (Fsp3) is 0.667. The molecule has 0 spiro atoms. The topological polar surface area (TPSA) is 71.5 Å². The van der Waals surface area contributed by atoms with Crippen LogP contribution >= 0.6 is 0 Å². The number of hydrogen-bond acceptors (Lipinski definition) is 6. The first-order valence-corrected chi connectivity index (χ1v) is 10.2. The molecule has 0 aliphatic carbocycles. The van der Waals surface area contributed by atoms with Crippen LogP contribution in [0.4, 0.5) is 9.18 Å². The number of hydrogen-bond donors (Lipinski definition) is 1. The molecule has 8 heteroatoms. The summed E-state index contributed by atoms with van der Waals surface area (Å²) in [5.41, 5.74) is -0.654. The Balaban J connectivity index is 1.56. The monoisotopic (exact) mass is 410 g/mol. The van der Waals surface area contributed by atoms with Crippen molar-refractivity contribution in [2.45, 2.75) is 38.3 Å². The number of ether oxygens (including phenoxy) is 3. The van der Waals surface area contributed by atoms with Crippen LogP contribution in [-0.4, -0.2) is 85.2 Å².